The quantitative estimate of drug-likeness (QED) is 0.801. The van der Waals surface area contributed by atoms with Crippen molar-refractivity contribution in [3.63, 3.8) is 0 Å². The number of amides is 1. The summed E-state index contributed by atoms with van der Waals surface area (Å²) in [4.78, 5) is 18.2. The van der Waals surface area contributed by atoms with Gasteiger partial charge in [0.1, 0.15) is 5.82 Å². The number of carbonyl (C=O) groups is 1. The van der Waals surface area contributed by atoms with Gasteiger partial charge in [-0.3, -0.25) is 4.79 Å². The molecule has 0 aliphatic heterocycles. The molecule has 1 aromatic heterocycles. The second kappa shape index (κ2) is 6.96. The van der Waals surface area contributed by atoms with E-state index in [9.17, 15) is 4.79 Å². The van der Waals surface area contributed by atoms with Gasteiger partial charge in [0.2, 0.25) is 0 Å². The zero-order valence-electron chi connectivity index (χ0n) is 11.2. The monoisotopic (exact) mass is 251 g/mol. The zero-order chi connectivity index (χ0) is 13.5. The van der Waals surface area contributed by atoms with Crippen molar-refractivity contribution in [3.8, 4) is 0 Å². The van der Waals surface area contributed by atoms with Gasteiger partial charge in [-0.1, -0.05) is 0 Å². The largest absolute Gasteiger partial charge is 0.396 e. The Kier molecular flexibility index (Phi) is 5.58. The van der Waals surface area contributed by atoms with Crippen LogP contribution in [0.1, 0.15) is 30.6 Å². The molecule has 0 spiro atoms. The van der Waals surface area contributed by atoms with Crippen molar-refractivity contribution in [1.29, 1.82) is 0 Å². The minimum atomic E-state index is -0.0302. The second-order valence-electron chi connectivity index (χ2n) is 4.35. The Hall–Kier alpha value is -1.62. The average Bonchev–Trinajstić information content (AvgIpc) is 2.38. The standard InChI is InChI=1S/C13H21N3O2/c1-10(2)16(7-4-8-17)13(18)11-5-6-15-12(9-11)14-3/h5-6,9-10,17H,4,7-8H2,1-3H3,(H,14,15). The molecule has 0 unspecified atom stereocenters. The van der Waals surface area contributed by atoms with E-state index in [4.69, 9.17) is 5.11 Å². The van der Waals surface area contributed by atoms with Crippen molar-refractivity contribution in [2.45, 2.75) is 26.3 Å². The first-order chi connectivity index (χ1) is 8.60. The lowest BCUT2D eigenvalue weighted by Crippen LogP contribution is -2.38. The van der Waals surface area contributed by atoms with Crippen LogP contribution in [0.25, 0.3) is 0 Å². The van der Waals surface area contributed by atoms with Crippen LogP contribution in [0.3, 0.4) is 0 Å². The molecule has 1 rings (SSSR count). The van der Waals surface area contributed by atoms with Crippen molar-refractivity contribution < 1.29 is 9.90 Å². The van der Waals surface area contributed by atoms with E-state index in [1.807, 2.05) is 13.8 Å². The molecule has 18 heavy (non-hydrogen) atoms. The predicted octanol–water partition coefficient (Wildman–Crippen LogP) is 1.36. The van der Waals surface area contributed by atoms with Gasteiger partial charge >= 0.3 is 0 Å². The Labute approximate surface area is 108 Å². The van der Waals surface area contributed by atoms with Crippen molar-refractivity contribution >= 4 is 11.7 Å². The molecule has 0 bridgehead atoms. The minimum Gasteiger partial charge on any atom is -0.396 e. The van der Waals surface area contributed by atoms with Crippen molar-refractivity contribution in [2.24, 2.45) is 0 Å². The molecular weight excluding hydrogens is 230 g/mol. The third-order valence-corrected chi connectivity index (χ3v) is 2.70. The molecule has 0 fully saturated rings. The topological polar surface area (TPSA) is 65.5 Å². The average molecular weight is 251 g/mol. The first-order valence-electron chi connectivity index (χ1n) is 6.15. The molecule has 2 N–H and O–H groups in total. The highest BCUT2D eigenvalue weighted by molar-refractivity contribution is 5.95. The smallest absolute Gasteiger partial charge is 0.254 e. The van der Waals surface area contributed by atoms with E-state index in [0.717, 1.165) is 0 Å². The van der Waals surface area contributed by atoms with Gasteiger partial charge in [-0.15, -0.1) is 0 Å². The second-order valence-corrected chi connectivity index (χ2v) is 4.35. The maximum atomic E-state index is 12.3. The number of nitrogens with zero attached hydrogens (tertiary/aromatic N) is 2. The fourth-order valence-corrected chi connectivity index (χ4v) is 1.70. The Morgan fingerprint density at radius 2 is 2.28 bits per heavy atom. The highest BCUT2D eigenvalue weighted by Gasteiger charge is 2.18. The number of anilines is 1. The number of nitrogens with one attached hydrogen (secondary N) is 1. The van der Waals surface area contributed by atoms with Crippen LogP contribution in [0.4, 0.5) is 5.82 Å². The molecule has 0 atom stereocenters. The van der Waals surface area contributed by atoms with Gasteiger partial charge in [-0.25, -0.2) is 4.98 Å². The van der Waals surface area contributed by atoms with Crippen LogP contribution in [-0.4, -0.2) is 47.1 Å². The number of aliphatic hydroxyl groups is 1. The van der Waals surface area contributed by atoms with Gasteiger partial charge < -0.3 is 15.3 Å². The summed E-state index contributed by atoms with van der Waals surface area (Å²) in [5, 5.41) is 11.8. The van der Waals surface area contributed by atoms with Crippen LogP contribution < -0.4 is 5.32 Å². The van der Waals surface area contributed by atoms with Gasteiger partial charge in [0, 0.05) is 38.0 Å². The Morgan fingerprint density at radius 1 is 1.56 bits per heavy atom. The van der Waals surface area contributed by atoms with Crippen LogP contribution in [0.2, 0.25) is 0 Å². The SMILES string of the molecule is CNc1cc(C(=O)N(CCCO)C(C)C)ccn1. The molecule has 0 radical (unpaired) electrons. The summed E-state index contributed by atoms with van der Waals surface area (Å²) >= 11 is 0. The highest BCUT2D eigenvalue weighted by Crippen LogP contribution is 2.12. The predicted molar refractivity (Wildman–Crippen MR) is 71.7 cm³/mol. The molecule has 0 aliphatic rings. The van der Waals surface area contributed by atoms with Gasteiger partial charge in [0.15, 0.2) is 0 Å². The first kappa shape index (κ1) is 14.4. The molecular formula is C13H21N3O2. The van der Waals surface area contributed by atoms with E-state index < -0.39 is 0 Å². The minimum absolute atomic E-state index is 0.0302. The lowest BCUT2D eigenvalue weighted by atomic mass is 10.2. The third kappa shape index (κ3) is 3.70. The van der Waals surface area contributed by atoms with Gasteiger partial charge in [0.25, 0.3) is 5.91 Å². The van der Waals surface area contributed by atoms with Crippen LogP contribution >= 0.6 is 0 Å². The van der Waals surface area contributed by atoms with Crippen molar-refractivity contribution in [3.05, 3.63) is 23.9 Å². The summed E-state index contributed by atoms with van der Waals surface area (Å²) in [6.07, 6.45) is 2.21. The highest BCUT2D eigenvalue weighted by atomic mass is 16.3. The molecule has 5 nitrogen and oxygen atoms in total. The molecule has 1 amide bonds. The lowest BCUT2D eigenvalue weighted by molar-refractivity contribution is 0.0693. The van der Waals surface area contributed by atoms with E-state index in [2.05, 4.69) is 10.3 Å². The number of carbonyl (C=O) groups excluding carboxylic acids is 1. The van der Waals surface area contributed by atoms with Gasteiger partial charge in [0.05, 0.1) is 0 Å². The summed E-state index contributed by atoms with van der Waals surface area (Å²) in [7, 11) is 1.77. The third-order valence-electron chi connectivity index (χ3n) is 2.70. The van der Waals surface area contributed by atoms with Crippen molar-refractivity contribution in [2.75, 3.05) is 25.5 Å². The summed E-state index contributed by atoms with van der Waals surface area (Å²) < 4.78 is 0. The Morgan fingerprint density at radius 3 is 2.83 bits per heavy atom. The number of hydrogen-bond acceptors (Lipinski definition) is 4. The lowest BCUT2D eigenvalue weighted by Gasteiger charge is -2.26. The van der Waals surface area contributed by atoms with E-state index in [0.29, 0.717) is 24.3 Å². The Balaban J connectivity index is 2.87. The number of pyridine rings is 1. The first-order valence-corrected chi connectivity index (χ1v) is 6.15. The number of hydrogen-bond donors (Lipinski definition) is 2. The molecule has 100 valence electrons. The number of aromatic nitrogens is 1. The van der Waals surface area contributed by atoms with Crippen LogP contribution in [0.5, 0.6) is 0 Å². The summed E-state index contributed by atoms with van der Waals surface area (Å²) in [5.74, 6) is 0.643. The van der Waals surface area contributed by atoms with E-state index >= 15 is 0 Å². The van der Waals surface area contributed by atoms with E-state index in [1.54, 1.807) is 30.3 Å². The Bertz CT molecular complexity index is 394. The zero-order valence-corrected chi connectivity index (χ0v) is 11.2. The van der Waals surface area contributed by atoms with E-state index in [1.165, 1.54) is 0 Å². The van der Waals surface area contributed by atoms with Gasteiger partial charge in [-0.2, -0.15) is 0 Å². The molecule has 0 aliphatic carbocycles. The molecule has 0 saturated heterocycles. The van der Waals surface area contributed by atoms with Crippen LogP contribution in [0.15, 0.2) is 18.3 Å². The molecule has 1 heterocycles. The fraction of sp³-hybridized carbons (Fsp3) is 0.538. The fourth-order valence-electron chi connectivity index (χ4n) is 1.70. The number of aliphatic hydroxyl groups excluding tert-OH is 1. The maximum Gasteiger partial charge on any atom is 0.254 e. The molecule has 0 saturated carbocycles. The normalized spacial score (nSPS) is 10.5. The molecule has 5 heteroatoms. The molecule has 0 aromatic carbocycles. The molecule has 1 aromatic rings. The summed E-state index contributed by atoms with van der Waals surface area (Å²) in [6, 6.07) is 3.55. The summed E-state index contributed by atoms with van der Waals surface area (Å²) in [6.45, 7) is 4.59. The van der Waals surface area contributed by atoms with E-state index in [-0.39, 0.29) is 18.6 Å². The number of rotatable bonds is 6. The van der Waals surface area contributed by atoms with Crippen LogP contribution in [-0.2, 0) is 0 Å². The maximum absolute atomic E-state index is 12.3. The van der Waals surface area contributed by atoms with Gasteiger partial charge in [-0.05, 0) is 32.4 Å². The van der Waals surface area contributed by atoms with Crippen molar-refractivity contribution in [1.82, 2.24) is 9.88 Å². The summed E-state index contributed by atoms with van der Waals surface area (Å²) in [5.41, 5.74) is 0.612. The van der Waals surface area contributed by atoms with Crippen LogP contribution in [0, 0.1) is 0 Å².